The Labute approximate surface area is 179 Å². The lowest BCUT2D eigenvalue weighted by molar-refractivity contribution is -0.118. The molecule has 4 rings (SSSR count). The molecule has 30 heavy (non-hydrogen) atoms. The molecule has 1 fully saturated rings. The number of amides is 1. The van der Waals surface area contributed by atoms with E-state index in [1.807, 2.05) is 6.07 Å². The smallest absolute Gasteiger partial charge is 0.228 e. The van der Waals surface area contributed by atoms with E-state index in [-0.39, 0.29) is 5.91 Å². The Hall–Kier alpha value is -3.19. The number of hydrogen-bond acceptors (Lipinski definition) is 3. The minimum atomic E-state index is 0.123. The van der Waals surface area contributed by atoms with Crippen molar-refractivity contribution in [3.05, 3.63) is 71.4 Å². The summed E-state index contributed by atoms with van der Waals surface area (Å²) in [4.78, 5) is 18.7. The number of piperazine rings is 1. The molecule has 1 saturated heterocycles. The zero-order valence-electron chi connectivity index (χ0n) is 17.7. The van der Waals surface area contributed by atoms with E-state index in [0.29, 0.717) is 13.0 Å². The molecular weight excluding hydrogens is 370 g/mol. The Bertz CT molecular complexity index is 980. The fourth-order valence-corrected chi connectivity index (χ4v) is 4.30. The largest absolute Gasteiger partial charge is 0.374 e. The van der Waals surface area contributed by atoms with Crippen LogP contribution >= 0.6 is 0 Å². The van der Waals surface area contributed by atoms with E-state index in [4.69, 9.17) is 6.42 Å². The van der Waals surface area contributed by atoms with E-state index in [9.17, 15) is 4.79 Å². The fourth-order valence-electron chi connectivity index (χ4n) is 4.30. The number of carbonyl (C=O) groups excluding carboxylic acids is 1. The molecule has 4 nitrogen and oxygen atoms in total. The summed E-state index contributed by atoms with van der Waals surface area (Å²) in [6.45, 7) is 6.67. The number of carbonyl (C=O) groups is 1. The number of allylic oxidation sites excluding steroid dienone is 1. The van der Waals surface area contributed by atoms with Crippen LogP contribution < -0.4 is 9.80 Å². The Morgan fingerprint density at radius 2 is 1.90 bits per heavy atom. The first-order valence-corrected chi connectivity index (χ1v) is 10.7. The monoisotopic (exact) mass is 399 g/mol. The van der Waals surface area contributed by atoms with Gasteiger partial charge in [-0.15, -0.1) is 6.42 Å². The number of anilines is 2. The molecule has 2 aliphatic heterocycles. The van der Waals surface area contributed by atoms with E-state index in [0.717, 1.165) is 44.7 Å². The van der Waals surface area contributed by atoms with Crippen LogP contribution in [0.1, 0.15) is 23.1 Å². The molecule has 0 aromatic heterocycles. The summed E-state index contributed by atoms with van der Waals surface area (Å²) in [6, 6.07) is 15.1. The molecule has 0 spiro atoms. The topological polar surface area (TPSA) is 26.8 Å². The summed E-state index contributed by atoms with van der Waals surface area (Å²) in [7, 11) is 0. The maximum Gasteiger partial charge on any atom is 0.228 e. The third-order valence-corrected chi connectivity index (χ3v) is 5.94. The first kappa shape index (κ1) is 20.1. The number of fused-ring (bicyclic) bond motifs is 1. The number of benzene rings is 2. The zero-order chi connectivity index (χ0) is 20.9. The molecule has 0 saturated carbocycles. The number of rotatable bonds is 5. The molecule has 0 bridgehead atoms. The summed E-state index contributed by atoms with van der Waals surface area (Å²) in [5.41, 5.74) is 6.11. The van der Waals surface area contributed by atoms with Gasteiger partial charge in [0.15, 0.2) is 0 Å². The maximum absolute atomic E-state index is 12.1. The van der Waals surface area contributed by atoms with Crippen LogP contribution in [0.15, 0.2) is 54.7 Å². The number of hydrogen-bond donors (Lipinski definition) is 0. The van der Waals surface area contributed by atoms with Crippen molar-refractivity contribution in [2.75, 3.05) is 42.5 Å². The lowest BCUT2D eigenvalue weighted by atomic mass is 9.97. The molecule has 0 aliphatic carbocycles. The van der Waals surface area contributed by atoms with Crippen molar-refractivity contribution >= 4 is 17.3 Å². The van der Waals surface area contributed by atoms with Crippen molar-refractivity contribution in [3.63, 3.8) is 0 Å². The van der Waals surface area contributed by atoms with E-state index in [2.05, 4.69) is 71.3 Å². The Morgan fingerprint density at radius 3 is 2.67 bits per heavy atom. The van der Waals surface area contributed by atoms with E-state index >= 15 is 0 Å². The molecule has 4 heteroatoms. The van der Waals surface area contributed by atoms with Crippen LogP contribution in [0.4, 0.5) is 11.4 Å². The Balaban J connectivity index is 1.32. The van der Waals surface area contributed by atoms with Crippen molar-refractivity contribution in [1.29, 1.82) is 0 Å². The molecule has 2 heterocycles. The number of terminal acetylenes is 1. The van der Waals surface area contributed by atoms with Crippen LogP contribution in [-0.4, -0.2) is 43.5 Å². The normalized spacial score (nSPS) is 16.7. The van der Waals surface area contributed by atoms with E-state index in [1.165, 1.54) is 22.4 Å². The molecule has 2 aromatic carbocycles. The van der Waals surface area contributed by atoms with E-state index in [1.54, 1.807) is 4.90 Å². The molecule has 154 valence electrons. The maximum atomic E-state index is 12.1. The number of nitrogens with zero attached hydrogens (tertiary/aromatic N) is 3. The summed E-state index contributed by atoms with van der Waals surface area (Å²) >= 11 is 0. The van der Waals surface area contributed by atoms with Crippen LogP contribution in [0, 0.1) is 19.3 Å². The molecular formula is C26H29N3O. The van der Waals surface area contributed by atoms with Crippen LogP contribution in [0.5, 0.6) is 0 Å². The average molecular weight is 400 g/mol. The third kappa shape index (κ3) is 4.52. The van der Waals surface area contributed by atoms with Gasteiger partial charge in [0.05, 0.1) is 6.54 Å². The van der Waals surface area contributed by atoms with Gasteiger partial charge in [-0.05, 0) is 60.9 Å². The van der Waals surface area contributed by atoms with Gasteiger partial charge < -0.3 is 14.7 Å². The second-order valence-electron chi connectivity index (χ2n) is 8.10. The molecule has 0 unspecified atom stereocenters. The highest BCUT2D eigenvalue weighted by Gasteiger charge is 2.23. The molecule has 2 aromatic rings. The van der Waals surface area contributed by atoms with Gasteiger partial charge >= 0.3 is 0 Å². The van der Waals surface area contributed by atoms with Crippen molar-refractivity contribution < 1.29 is 4.79 Å². The standard InChI is InChI=1S/C26H29N3O/c1-3-13-29-25-11-9-22(20-23(25)10-12-26(29)30)7-5-14-27-15-17-28(18-16-27)24-8-4-6-21(2)19-24/h1,4-6,8-9,11,14,19-20H,7,10,12-13,15-18H2,2H3. The third-order valence-electron chi connectivity index (χ3n) is 5.94. The van der Waals surface area contributed by atoms with Gasteiger partial charge in [-0.3, -0.25) is 4.79 Å². The van der Waals surface area contributed by atoms with Gasteiger partial charge in [-0.1, -0.05) is 36.3 Å². The van der Waals surface area contributed by atoms with Crippen LogP contribution in [0.2, 0.25) is 0 Å². The van der Waals surface area contributed by atoms with Gasteiger partial charge in [-0.2, -0.15) is 0 Å². The van der Waals surface area contributed by atoms with Crippen molar-refractivity contribution in [2.24, 2.45) is 0 Å². The molecule has 2 aliphatic rings. The van der Waals surface area contributed by atoms with Crippen molar-refractivity contribution in [3.8, 4) is 12.3 Å². The fraction of sp³-hybridized carbons (Fsp3) is 0.346. The van der Waals surface area contributed by atoms with Crippen LogP contribution in [0.3, 0.4) is 0 Å². The molecule has 1 amide bonds. The molecule has 0 atom stereocenters. The molecule has 0 radical (unpaired) electrons. The first-order valence-electron chi connectivity index (χ1n) is 10.7. The van der Waals surface area contributed by atoms with E-state index < -0.39 is 0 Å². The van der Waals surface area contributed by atoms with Crippen molar-refractivity contribution in [2.45, 2.75) is 26.2 Å². The Morgan fingerprint density at radius 1 is 1.07 bits per heavy atom. The second-order valence-corrected chi connectivity index (χ2v) is 8.10. The minimum absolute atomic E-state index is 0.123. The quantitative estimate of drug-likeness (QED) is 0.716. The lowest BCUT2D eigenvalue weighted by Gasteiger charge is -2.35. The minimum Gasteiger partial charge on any atom is -0.374 e. The molecule has 0 N–H and O–H groups in total. The average Bonchev–Trinajstić information content (AvgIpc) is 2.76. The Kier molecular flexibility index (Phi) is 6.09. The first-order chi connectivity index (χ1) is 14.6. The predicted octanol–water partition coefficient (Wildman–Crippen LogP) is 3.79. The number of aryl methyl sites for hydroxylation is 2. The predicted molar refractivity (Wildman–Crippen MR) is 124 cm³/mol. The van der Waals surface area contributed by atoms with Gasteiger partial charge in [-0.25, -0.2) is 0 Å². The highest BCUT2D eigenvalue weighted by atomic mass is 16.2. The zero-order valence-corrected chi connectivity index (χ0v) is 17.7. The summed E-state index contributed by atoms with van der Waals surface area (Å²) < 4.78 is 0. The summed E-state index contributed by atoms with van der Waals surface area (Å²) in [5, 5.41) is 0. The van der Waals surface area contributed by atoms with Gasteiger partial charge in [0.1, 0.15) is 0 Å². The van der Waals surface area contributed by atoms with Gasteiger partial charge in [0.2, 0.25) is 5.91 Å². The summed E-state index contributed by atoms with van der Waals surface area (Å²) in [5.74, 6) is 2.72. The highest BCUT2D eigenvalue weighted by molar-refractivity contribution is 5.96. The second kappa shape index (κ2) is 9.09. The lowest BCUT2D eigenvalue weighted by Crippen LogP contribution is -2.44. The summed E-state index contributed by atoms with van der Waals surface area (Å²) in [6.07, 6.45) is 12.2. The van der Waals surface area contributed by atoms with Gasteiger partial charge in [0, 0.05) is 44.0 Å². The highest BCUT2D eigenvalue weighted by Crippen LogP contribution is 2.28. The van der Waals surface area contributed by atoms with Crippen molar-refractivity contribution in [1.82, 2.24) is 4.90 Å². The van der Waals surface area contributed by atoms with Crippen LogP contribution in [0.25, 0.3) is 0 Å². The SMILES string of the molecule is C#CCN1C(=O)CCc2cc(CC=CN3CCN(c4cccc(C)c4)CC3)ccc21. The van der Waals surface area contributed by atoms with Gasteiger partial charge in [0.25, 0.3) is 0 Å². The van der Waals surface area contributed by atoms with Crippen LogP contribution in [-0.2, 0) is 17.6 Å².